The number of nitrogens with one attached hydrogen (secondary N) is 1. The molecule has 0 bridgehead atoms. The Kier molecular flexibility index (Phi) is 11.1. The number of nitrogen functional groups attached to an aromatic ring is 1. The number of hydrogen-bond donors (Lipinski definition) is 2. The van der Waals surface area contributed by atoms with Gasteiger partial charge in [-0.25, -0.2) is 4.98 Å². The van der Waals surface area contributed by atoms with Gasteiger partial charge in [0.1, 0.15) is 58.5 Å². The van der Waals surface area contributed by atoms with E-state index in [1.165, 1.54) is 0 Å². The molecule has 0 saturated carbocycles. The summed E-state index contributed by atoms with van der Waals surface area (Å²) < 4.78 is 19.8. The smallest absolute Gasteiger partial charge is 0.261 e. The zero-order valence-electron chi connectivity index (χ0n) is 32.1. The third-order valence-electron chi connectivity index (χ3n) is 9.97. The number of ether oxygens (including phenoxy) is 3. The molecule has 1 aliphatic heterocycles. The van der Waals surface area contributed by atoms with E-state index in [4.69, 9.17) is 19.9 Å². The summed E-state index contributed by atoms with van der Waals surface area (Å²) in [6.07, 6.45) is 7.22. The first-order chi connectivity index (χ1) is 25.2. The molecule has 0 radical (unpaired) electrons. The Hall–Kier alpha value is -5.02. The number of nitrogens with two attached hydrogens (primary N) is 1. The number of rotatable bonds is 10. The van der Waals surface area contributed by atoms with E-state index in [1.807, 2.05) is 112 Å². The summed E-state index contributed by atoms with van der Waals surface area (Å²) in [6.45, 7) is 4.15. The highest BCUT2D eigenvalue weighted by molar-refractivity contribution is 6.59. The van der Waals surface area contributed by atoms with Crippen molar-refractivity contribution < 1.29 is 19.0 Å². The Bertz CT molecular complexity index is 2220. The summed E-state index contributed by atoms with van der Waals surface area (Å²) in [4.78, 5) is 32.2. The van der Waals surface area contributed by atoms with Crippen LogP contribution in [0.2, 0.25) is 0 Å². The predicted octanol–water partition coefficient (Wildman–Crippen LogP) is -1.51. The van der Waals surface area contributed by atoms with Crippen molar-refractivity contribution in [3.63, 3.8) is 0 Å². The van der Waals surface area contributed by atoms with Gasteiger partial charge < -0.3 is 29.8 Å². The molecule has 1 fully saturated rings. The number of anilines is 2. The number of benzene rings is 3. The maximum absolute atomic E-state index is 13.8. The Labute approximate surface area is 316 Å². The third-order valence-corrected chi connectivity index (χ3v) is 9.97. The highest BCUT2D eigenvalue weighted by atomic mass is 16.5. The summed E-state index contributed by atoms with van der Waals surface area (Å²) in [5.41, 5.74) is 15.7. The lowest BCUT2D eigenvalue weighted by Gasteiger charge is -2.29. The molecule has 3 N–H and O–H groups in total. The number of aromatic nitrogens is 2. The van der Waals surface area contributed by atoms with Crippen molar-refractivity contribution in [1.29, 1.82) is 0 Å². The summed E-state index contributed by atoms with van der Waals surface area (Å²) in [5, 5.41) is 2.53. The van der Waals surface area contributed by atoms with Gasteiger partial charge in [0, 0.05) is 60.5 Å². The largest absolute Gasteiger partial charge is 0.511 e. The van der Waals surface area contributed by atoms with Gasteiger partial charge in [-0.3, -0.25) is 9.59 Å². The molecule has 0 aliphatic carbocycles. The van der Waals surface area contributed by atoms with Crippen LogP contribution in [0.4, 0.5) is 11.5 Å². The fourth-order valence-electron chi connectivity index (χ4n) is 7.04. The average molecular weight is 702 g/mol. The zero-order valence-corrected chi connectivity index (χ0v) is 32.1. The monoisotopic (exact) mass is 702 g/mol. The van der Waals surface area contributed by atoms with E-state index in [0.29, 0.717) is 35.3 Å². The molecule has 0 spiro atoms. The summed E-state index contributed by atoms with van der Waals surface area (Å²) in [7, 11) is 13.9. The second kappa shape index (κ2) is 15.5. The van der Waals surface area contributed by atoms with Crippen LogP contribution in [0.15, 0.2) is 78.0 Å². The van der Waals surface area contributed by atoms with Crippen LogP contribution < -0.4 is 42.3 Å². The first-order valence-corrected chi connectivity index (χ1v) is 18.2. The quantitative estimate of drug-likeness (QED) is 0.170. The van der Waals surface area contributed by atoms with Gasteiger partial charge in [0.15, 0.2) is 11.5 Å². The Morgan fingerprint density at radius 3 is 2.21 bits per heavy atom. The summed E-state index contributed by atoms with van der Waals surface area (Å²) >= 11 is 0. The van der Waals surface area contributed by atoms with Crippen molar-refractivity contribution in [2.24, 2.45) is 5.92 Å². The Balaban J connectivity index is 1.30. The van der Waals surface area contributed by atoms with E-state index in [9.17, 15) is 9.59 Å². The van der Waals surface area contributed by atoms with Gasteiger partial charge >= 0.3 is 0 Å². The topological polar surface area (TPSA) is 118 Å². The van der Waals surface area contributed by atoms with Gasteiger partial charge in [-0.2, -0.15) is 0 Å². The maximum atomic E-state index is 13.8. The van der Waals surface area contributed by atoms with Crippen LogP contribution in [-0.2, 0) is 11.3 Å². The number of pyridine rings is 2. The van der Waals surface area contributed by atoms with E-state index < -0.39 is 11.2 Å². The number of carbonyl (C=O) groups excluding carboxylic acids is 1. The zero-order chi connectivity index (χ0) is 38.0. The molecule has 1 aliphatic rings. The summed E-state index contributed by atoms with van der Waals surface area (Å²) in [5.74, 6) is 1.75. The van der Waals surface area contributed by atoms with Crippen LogP contribution in [0.25, 0.3) is 33.4 Å². The van der Waals surface area contributed by atoms with Crippen LogP contribution >= 0.6 is 0 Å². The van der Waals surface area contributed by atoms with Crippen LogP contribution in [0.1, 0.15) is 28.8 Å². The van der Waals surface area contributed by atoms with E-state index in [-0.39, 0.29) is 11.0 Å². The summed E-state index contributed by atoms with van der Waals surface area (Å²) in [6, 6.07) is 17.3. The lowest BCUT2D eigenvalue weighted by molar-refractivity contribution is 0.0612. The average Bonchev–Trinajstić information content (AvgIpc) is 3.13. The molecule has 0 unspecified atom stereocenters. The lowest BCUT2D eigenvalue weighted by Crippen LogP contribution is -2.42. The molecule has 5 aromatic rings. The minimum Gasteiger partial charge on any atom is -0.511 e. The van der Waals surface area contributed by atoms with Crippen molar-refractivity contribution in [2.45, 2.75) is 31.6 Å². The van der Waals surface area contributed by atoms with Crippen LogP contribution in [0.5, 0.6) is 11.5 Å². The van der Waals surface area contributed by atoms with Gasteiger partial charge in [-0.05, 0) is 77.1 Å². The van der Waals surface area contributed by atoms with Crippen LogP contribution in [0.3, 0.4) is 0 Å². The molecule has 1 saturated heterocycles. The molecule has 2 aromatic heterocycles. The standard InChI is InChI=1S/C38H44B6N4O5/c1-20-3-5-23(6-4-20)27-18-48(17-21-11-13-52-14-12-21)19-28(33(27)49)37(50)47-25-9-7-22(8-10-25)26-15-24(16-46-36(26)45)29-30(39)32(41)34(51-2)35(31(29)40)53-38(42,43)44/h3-10,15-16,18-19,21H,11-14,17,39-44H2,1-2H3,(H2,45,46)(H,47,50). The molecular formula is C38H44B6N4O5. The molecule has 1 amide bonds. The molecule has 3 aromatic carbocycles. The molecule has 264 valence electrons. The number of nitrogens with zero attached hydrogens (tertiary/aromatic N) is 2. The first kappa shape index (κ1) is 37.7. The first-order valence-electron chi connectivity index (χ1n) is 18.2. The van der Waals surface area contributed by atoms with Gasteiger partial charge in [-0.15, -0.1) is 0 Å². The minimum atomic E-state index is -0.463. The van der Waals surface area contributed by atoms with E-state index in [2.05, 4.69) is 18.1 Å². The Morgan fingerprint density at radius 2 is 1.57 bits per heavy atom. The highest BCUT2D eigenvalue weighted by Crippen LogP contribution is 2.32. The van der Waals surface area contributed by atoms with Crippen LogP contribution in [-0.4, -0.2) is 88.2 Å². The fraction of sp³-hybridized carbons (Fsp3) is 0.237. The van der Waals surface area contributed by atoms with E-state index >= 15 is 0 Å². The molecule has 6 rings (SSSR count). The van der Waals surface area contributed by atoms with Crippen molar-refractivity contribution >= 4 is 80.9 Å². The fourth-order valence-corrected chi connectivity index (χ4v) is 7.04. The lowest BCUT2D eigenvalue weighted by atomic mass is 9.52. The van der Waals surface area contributed by atoms with Gasteiger partial charge in [0.05, 0.1) is 7.11 Å². The van der Waals surface area contributed by atoms with Crippen molar-refractivity contribution in [3.05, 3.63) is 94.5 Å². The second-order valence-corrected chi connectivity index (χ2v) is 15.0. The van der Waals surface area contributed by atoms with Gasteiger partial charge in [-0.1, -0.05) is 47.4 Å². The maximum Gasteiger partial charge on any atom is 0.261 e. The number of amides is 1. The van der Waals surface area contributed by atoms with Gasteiger partial charge in [0.2, 0.25) is 5.43 Å². The number of methoxy groups -OCH3 is 1. The third kappa shape index (κ3) is 8.30. The van der Waals surface area contributed by atoms with Crippen LogP contribution in [0, 0.1) is 12.8 Å². The number of carbonyl (C=O) groups is 1. The van der Waals surface area contributed by atoms with E-state index in [1.54, 1.807) is 19.5 Å². The molecule has 0 atom stereocenters. The number of aryl methyl sites for hydroxylation is 1. The molecule has 3 heterocycles. The number of hydrogen-bond acceptors (Lipinski definition) is 7. The second-order valence-electron chi connectivity index (χ2n) is 15.0. The van der Waals surface area contributed by atoms with Crippen molar-refractivity contribution in [3.8, 4) is 44.9 Å². The molecule has 15 heteroatoms. The predicted molar refractivity (Wildman–Crippen MR) is 232 cm³/mol. The molecule has 53 heavy (non-hydrogen) atoms. The highest BCUT2D eigenvalue weighted by Gasteiger charge is 2.25. The Morgan fingerprint density at radius 1 is 0.925 bits per heavy atom. The molecular weight excluding hydrogens is 657 g/mol. The normalized spacial score (nSPS) is 13.4. The van der Waals surface area contributed by atoms with Gasteiger partial charge in [0.25, 0.3) is 5.91 Å². The van der Waals surface area contributed by atoms with Crippen molar-refractivity contribution in [2.75, 3.05) is 31.4 Å². The van der Waals surface area contributed by atoms with Crippen molar-refractivity contribution in [1.82, 2.24) is 9.55 Å². The minimum absolute atomic E-state index is 0.0932. The molecule has 9 nitrogen and oxygen atoms in total. The van der Waals surface area contributed by atoms with E-state index in [0.717, 1.165) is 81.6 Å². The SMILES string of the molecule is Bc1c(B)c(-c2cnc(N)c(-c3ccc(NC(=O)c4cn(CC5CCOCC5)cc(-c5ccc(C)cc5)c4=O)cc3)c2)c(B)c(OC(B)(B)B)c1OC.